The van der Waals surface area contributed by atoms with Crippen LogP contribution in [-0.4, -0.2) is 94.6 Å². The number of anilines is 8. The largest absolute Gasteiger partial charge is 0.497 e. The van der Waals surface area contributed by atoms with E-state index in [-0.39, 0.29) is 91.5 Å². The first kappa shape index (κ1) is 102. The Bertz CT molecular complexity index is 7390. The van der Waals surface area contributed by atoms with Crippen molar-refractivity contribution < 1.29 is 72.0 Å². The van der Waals surface area contributed by atoms with Crippen molar-refractivity contribution >= 4 is 86.0 Å². The van der Waals surface area contributed by atoms with Crippen molar-refractivity contribution in [3.8, 4) is 85.0 Å². The Morgan fingerprint density at radius 1 is 0.285 bits per heavy atom. The molecule has 20 rings (SSSR count). The number of methoxy groups -OCH3 is 5. The number of pyridine rings is 5. The summed E-state index contributed by atoms with van der Waals surface area (Å²) in [5.41, 5.74) is 13.3. The zero-order chi connectivity index (χ0) is 102. The van der Waals surface area contributed by atoms with Gasteiger partial charge in [0.15, 0.2) is 0 Å². The van der Waals surface area contributed by atoms with Gasteiger partial charge in [-0.1, -0.05) is 139 Å². The highest BCUT2D eigenvalue weighted by Crippen LogP contribution is 2.46. The van der Waals surface area contributed by atoms with Crippen LogP contribution < -0.4 is 50.3 Å². The van der Waals surface area contributed by atoms with Crippen LogP contribution in [0.25, 0.3) is 84.5 Å². The fourth-order valence-corrected chi connectivity index (χ4v) is 18.8. The summed E-state index contributed by atoms with van der Waals surface area (Å²) < 4.78 is 197. The second-order valence-electron chi connectivity index (χ2n) is 34.9. The first-order chi connectivity index (χ1) is 69.6. The number of aryl methyl sites for hydroxylation is 8. The summed E-state index contributed by atoms with van der Waals surface area (Å²) in [4.78, 5) is 22.9. The summed E-state index contributed by atoms with van der Waals surface area (Å²) >= 11 is 6.41. The van der Waals surface area contributed by atoms with Gasteiger partial charge in [-0.15, -0.1) is 0 Å². The SMILES string of the molecule is CCc1cccc2nc(-c3c(F)cc(OC)cc3F)c(NC3CCCC3)n12.CCc1cccc2nc(-c3c(F)cc(OC)cc3F)c(NC3CCCCC3)n12.CCc1cccc2nc(-c3c(F)cc(OC)cc3F)c(Nc3c(C)cccc3C)n12.CCc1cccc2nc(-c3c(F)cc(OC)cc3F)c(Nc3c(C)cccc3Cl)n12.CCc1cccc2nc(-c3c(F)cc(OC)cc3F)c(Nc3ccc(F)cc3)n12. The molecule has 0 atom stereocenters. The van der Waals surface area contributed by atoms with E-state index in [4.69, 9.17) is 35.3 Å². The lowest BCUT2D eigenvalue weighted by Crippen LogP contribution is -2.23. The Morgan fingerprint density at radius 3 is 0.778 bits per heavy atom. The van der Waals surface area contributed by atoms with E-state index in [1.54, 1.807) is 30.3 Å². The van der Waals surface area contributed by atoms with Gasteiger partial charge in [0.1, 0.15) is 179 Å². The lowest BCUT2D eigenvalue weighted by atomic mass is 9.95. The number of imidazole rings is 5. The van der Waals surface area contributed by atoms with Crippen molar-refractivity contribution in [1.82, 2.24) is 46.9 Å². The predicted octanol–water partition coefficient (Wildman–Crippen LogP) is 29.3. The first-order valence-corrected chi connectivity index (χ1v) is 48.1. The lowest BCUT2D eigenvalue weighted by Gasteiger charge is -2.24. The van der Waals surface area contributed by atoms with Crippen molar-refractivity contribution in [2.24, 2.45) is 0 Å². The standard InChI is InChI=1S/C24H23F2N3O.C23H20ClF2N3O.C22H18F3N3O.C22H25F2N3O.C21H23F2N3O/c1-5-16-10-7-11-20-27-23(21-18(25)12-17(30-4)13-19(21)26)24(29(16)20)28-22-14(2)8-6-9-15(22)3;1-4-14-8-6-10-19-27-22(20-17(25)11-15(30-3)12-18(20)26)23(29(14)19)28-21-13(2)7-5-9-16(21)24;1-3-15-5-4-6-19-27-21(20-17(24)11-16(29-2)12-18(20)25)22(28(15)19)26-14-9-7-13(23)8-10-14;1-3-15-10-7-11-19-26-21(20-17(23)12-16(28-2)13-18(20)24)22(27(15)19)25-14-8-5-4-6-9-14;1-3-14-9-6-10-18-25-20(19-16(22)11-15(27-2)12-17(19)23)21(26(14)18)24-13-7-4-5-8-13/h6-13,28H,5H2,1-4H3;5-12,28H,4H2,1-3H3;4-12,26H,3H2,1-2H3;7,10-14,25H,3-6,8-9H2,1-2H3;6,9-13,24H,3-5,7-8H2,1-2H3. The number of halogens is 12. The quantitative estimate of drug-likeness (QED) is 0.0339. The molecule has 0 aliphatic heterocycles. The van der Waals surface area contributed by atoms with Gasteiger partial charge in [-0.05, 0) is 186 Å². The molecule has 0 bridgehead atoms. The molecule has 0 spiro atoms. The number of fused-ring (bicyclic) bond motifs is 5. The van der Waals surface area contributed by atoms with Crippen LogP contribution in [0.15, 0.2) is 212 Å². The number of nitrogens with zero attached hydrogens (tertiary/aromatic N) is 10. The number of ether oxygens (including phenoxy) is 5. The minimum absolute atomic E-state index is 0.0785. The van der Waals surface area contributed by atoms with Gasteiger partial charge in [-0.3, -0.25) is 22.0 Å². The molecule has 18 aromatic rings. The molecule has 0 radical (unpaired) electrons. The van der Waals surface area contributed by atoms with Gasteiger partial charge < -0.3 is 50.3 Å². The summed E-state index contributed by atoms with van der Waals surface area (Å²) in [6.07, 6.45) is 13.8. The minimum Gasteiger partial charge on any atom is -0.497 e. The van der Waals surface area contributed by atoms with E-state index >= 15 is 0 Å². The van der Waals surface area contributed by atoms with Gasteiger partial charge in [0.25, 0.3) is 0 Å². The summed E-state index contributed by atoms with van der Waals surface area (Å²) in [7, 11) is 6.86. The van der Waals surface area contributed by atoms with E-state index in [0.29, 0.717) is 98.0 Å². The minimum atomic E-state index is -0.787. The van der Waals surface area contributed by atoms with Gasteiger partial charge in [0.2, 0.25) is 0 Å². The molecule has 0 unspecified atom stereocenters. The normalized spacial score (nSPS) is 12.6. The molecule has 10 heterocycles. The van der Waals surface area contributed by atoms with E-state index in [1.165, 1.54) is 90.5 Å². The number of nitrogens with one attached hydrogen (secondary N) is 5. The molecule has 2 fully saturated rings. The molecule has 2 saturated carbocycles. The van der Waals surface area contributed by atoms with Crippen LogP contribution in [0.2, 0.25) is 5.02 Å². The van der Waals surface area contributed by atoms with Crippen LogP contribution >= 0.6 is 11.6 Å². The monoisotopic (exact) mass is 1990 g/mol. The number of para-hydroxylation sites is 2. The Hall–Kier alpha value is -15.3. The highest BCUT2D eigenvalue weighted by molar-refractivity contribution is 6.33. The fraction of sp³-hybridized carbons (Fsp3) is 0.259. The number of benzene rings is 8. The van der Waals surface area contributed by atoms with Gasteiger partial charge in [-0.2, -0.15) is 0 Å². The second-order valence-corrected chi connectivity index (χ2v) is 35.3. The molecule has 10 aromatic heterocycles. The van der Waals surface area contributed by atoms with E-state index in [0.717, 1.165) is 146 Å². The maximum atomic E-state index is 15.0. The highest BCUT2D eigenvalue weighted by atomic mass is 35.5. The predicted molar refractivity (Wildman–Crippen MR) is 547 cm³/mol. The van der Waals surface area contributed by atoms with Crippen molar-refractivity contribution in [2.45, 2.75) is 157 Å². The van der Waals surface area contributed by atoms with Crippen LogP contribution in [0.4, 0.5) is 94.4 Å². The molecule has 5 N–H and O–H groups in total. The number of rotatable bonds is 25. The molecule has 144 heavy (non-hydrogen) atoms. The molecule has 32 heteroatoms. The van der Waals surface area contributed by atoms with Gasteiger partial charge in [-0.25, -0.2) is 73.2 Å². The molecule has 0 saturated heterocycles. The number of hydrogen-bond donors (Lipinski definition) is 5. The molecule has 20 nitrogen and oxygen atoms in total. The average Bonchev–Trinajstić information content (AvgIpc) is 1.60. The summed E-state index contributed by atoms with van der Waals surface area (Å²) in [6.45, 7) is 16.0. The highest BCUT2D eigenvalue weighted by Gasteiger charge is 2.33. The summed E-state index contributed by atoms with van der Waals surface area (Å²) in [6, 6.07) is 57.9. The third-order valence-corrected chi connectivity index (χ3v) is 26.1. The van der Waals surface area contributed by atoms with Gasteiger partial charge in [0.05, 0.1) is 74.1 Å². The van der Waals surface area contributed by atoms with Crippen molar-refractivity contribution in [3.63, 3.8) is 0 Å². The average molecular weight is 1990 g/mol. The number of hydrogen-bond acceptors (Lipinski definition) is 15. The Labute approximate surface area is 831 Å². The van der Waals surface area contributed by atoms with Gasteiger partial charge in [0, 0.05) is 113 Å². The summed E-state index contributed by atoms with van der Waals surface area (Å²) in [5.74, 6) is -4.32. The zero-order valence-corrected chi connectivity index (χ0v) is 82.6. The van der Waals surface area contributed by atoms with Crippen LogP contribution in [0.1, 0.15) is 138 Å². The van der Waals surface area contributed by atoms with E-state index in [1.807, 2.05) is 173 Å². The molecule has 8 aromatic carbocycles. The Kier molecular flexibility index (Phi) is 31.7. The van der Waals surface area contributed by atoms with Crippen LogP contribution in [0, 0.1) is 84.8 Å². The molecule has 746 valence electrons. The Morgan fingerprint density at radius 2 is 0.514 bits per heavy atom. The molecular formula is C112H109ClF11N15O5. The Balaban J connectivity index is 0.000000129. The van der Waals surface area contributed by atoms with Crippen LogP contribution in [0.5, 0.6) is 28.7 Å². The second kappa shape index (κ2) is 44.9. The van der Waals surface area contributed by atoms with Crippen molar-refractivity contribution in [1.29, 1.82) is 0 Å². The fourth-order valence-electron chi connectivity index (χ4n) is 18.5. The third-order valence-electron chi connectivity index (χ3n) is 25.8. The van der Waals surface area contributed by atoms with E-state index in [2.05, 4.69) is 65.4 Å². The van der Waals surface area contributed by atoms with E-state index < -0.39 is 58.2 Å². The van der Waals surface area contributed by atoms with Gasteiger partial charge >= 0.3 is 0 Å². The third kappa shape index (κ3) is 21.2. The van der Waals surface area contributed by atoms with Crippen molar-refractivity contribution in [2.75, 3.05) is 62.1 Å². The molecular weight excluding hydrogens is 1880 g/mol. The molecule has 2 aliphatic carbocycles. The van der Waals surface area contributed by atoms with Crippen LogP contribution in [0.3, 0.4) is 0 Å². The summed E-state index contributed by atoms with van der Waals surface area (Å²) in [5, 5.41) is 17.5. The maximum absolute atomic E-state index is 15.0. The number of aromatic nitrogens is 10. The topological polar surface area (TPSA) is 193 Å². The van der Waals surface area contributed by atoms with Crippen molar-refractivity contribution in [3.05, 3.63) is 326 Å². The van der Waals surface area contributed by atoms with Crippen LogP contribution in [-0.2, 0) is 32.1 Å². The maximum Gasteiger partial charge on any atom is 0.143 e. The lowest BCUT2D eigenvalue weighted by molar-refractivity contribution is 0.407. The zero-order valence-electron chi connectivity index (χ0n) is 81.8. The van der Waals surface area contributed by atoms with E-state index in [9.17, 15) is 48.3 Å². The molecule has 0 amide bonds. The first-order valence-electron chi connectivity index (χ1n) is 47.7. The molecule has 2 aliphatic rings. The smallest absolute Gasteiger partial charge is 0.143 e.